The first-order valence-corrected chi connectivity index (χ1v) is 9.91. The largest absolute Gasteiger partial charge is 0.462 e. The Labute approximate surface area is 178 Å². The van der Waals surface area contributed by atoms with E-state index in [2.05, 4.69) is 20.1 Å². The van der Waals surface area contributed by atoms with E-state index in [4.69, 9.17) is 10.3 Å². The molecule has 0 saturated carbocycles. The van der Waals surface area contributed by atoms with E-state index in [0.717, 1.165) is 17.0 Å². The van der Waals surface area contributed by atoms with Crippen LogP contribution in [-0.4, -0.2) is 27.3 Å². The Morgan fingerprint density at radius 3 is 2.81 bits per heavy atom. The van der Waals surface area contributed by atoms with E-state index in [1.54, 1.807) is 13.8 Å². The van der Waals surface area contributed by atoms with Gasteiger partial charge in [-0.2, -0.15) is 18.3 Å². The summed E-state index contributed by atoms with van der Waals surface area (Å²) in [5.41, 5.74) is 9.08. The van der Waals surface area contributed by atoms with Crippen molar-refractivity contribution in [1.82, 2.24) is 14.8 Å². The van der Waals surface area contributed by atoms with Crippen molar-refractivity contribution in [2.45, 2.75) is 33.1 Å². The lowest BCUT2D eigenvalue weighted by molar-refractivity contribution is -0.137. The number of aromatic nitrogens is 3. The second kappa shape index (κ2) is 9.19. The number of alkyl halides is 3. The molecular weight excluding hydrogens is 433 g/mol. The third-order valence-corrected chi connectivity index (χ3v) is 5.29. The van der Waals surface area contributed by atoms with Crippen LogP contribution in [0.5, 0.6) is 0 Å². The van der Waals surface area contributed by atoms with Crippen LogP contribution in [0.1, 0.15) is 39.0 Å². The van der Waals surface area contributed by atoms with Gasteiger partial charge in [-0.1, -0.05) is 5.11 Å². The number of aryl methyl sites for hydroxylation is 1. The summed E-state index contributed by atoms with van der Waals surface area (Å²) in [5.74, 6) is -0.485. The molecule has 8 nitrogen and oxygen atoms in total. The van der Waals surface area contributed by atoms with Crippen LogP contribution in [0.2, 0.25) is 0 Å². The molecule has 0 atom stereocenters. The highest BCUT2D eigenvalue weighted by Crippen LogP contribution is 2.35. The van der Waals surface area contributed by atoms with Gasteiger partial charge in [-0.25, -0.2) is 9.78 Å². The van der Waals surface area contributed by atoms with Gasteiger partial charge >= 0.3 is 12.1 Å². The lowest BCUT2D eigenvalue weighted by atomic mass is 10.1. The minimum absolute atomic E-state index is 0.200. The van der Waals surface area contributed by atoms with Gasteiger partial charge in [0.2, 0.25) is 0 Å². The number of hydrogen-bond donors (Lipinski definition) is 0. The Bertz CT molecular complexity index is 1150. The fraction of sp³-hybridized carbons (Fsp3) is 0.316. The normalized spacial score (nSPS) is 11.3. The SMILES string of the molecule is CCOC(=O)c1cnn(Cc2nc(-c3cc(CN=[N+]=[N-])cc(C(F)(F)F)c3)sc2C)c1. The second-order valence-corrected chi connectivity index (χ2v) is 7.68. The first-order chi connectivity index (χ1) is 14.7. The van der Waals surface area contributed by atoms with Crippen LogP contribution in [0, 0.1) is 6.92 Å². The lowest BCUT2D eigenvalue weighted by Gasteiger charge is -2.10. The maximum atomic E-state index is 13.3. The molecule has 0 saturated heterocycles. The maximum absolute atomic E-state index is 13.3. The van der Waals surface area contributed by atoms with Gasteiger partial charge in [0.15, 0.2) is 0 Å². The Morgan fingerprint density at radius 1 is 1.35 bits per heavy atom. The van der Waals surface area contributed by atoms with Crippen LogP contribution < -0.4 is 0 Å². The van der Waals surface area contributed by atoms with Gasteiger partial charge in [0.25, 0.3) is 0 Å². The summed E-state index contributed by atoms with van der Waals surface area (Å²) in [6, 6.07) is 3.51. The second-order valence-electron chi connectivity index (χ2n) is 6.47. The summed E-state index contributed by atoms with van der Waals surface area (Å²) in [7, 11) is 0. The molecule has 0 amide bonds. The predicted molar refractivity (Wildman–Crippen MR) is 107 cm³/mol. The molecule has 3 rings (SSSR count). The summed E-state index contributed by atoms with van der Waals surface area (Å²) in [4.78, 5) is 19.7. The number of halogens is 3. The zero-order valence-corrected chi connectivity index (χ0v) is 17.4. The maximum Gasteiger partial charge on any atom is 0.416 e. The lowest BCUT2D eigenvalue weighted by Crippen LogP contribution is -2.06. The van der Waals surface area contributed by atoms with Gasteiger partial charge in [-0.05, 0) is 43.1 Å². The number of rotatable bonds is 7. The van der Waals surface area contributed by atoms with Crippen molar-refractivity contribution in [2.75, 3.05) is 6.61 Å². The minimum atomic E-state index is -4.55. The molecule has 2 heterocycles. The monoisotopic (exact) mass is 450 g/mol. The summed E-state index contributed by atoms with van der Waals surface area (Å²) in [6.45, 7) is 3.80. The summed E-state index contributed by atoms with van der Waals surface area (Å²) >= 11 is 1.25. The first-order valence-electron chi connectivity index (χ1n) is 9.09. The van der Waals surface area contributed by atoms with Crippen molar-refractivity contribution >= 4 is 17.3 Å². The highest BCUT2D eigenvalue weighted by Gasteiger charge is 2.31. The third kappa shape index (κ3) is 5.41. The average molecular weight is 450 g/mol. The molecule has 0 fully saturated rings. The molecule has 0 aliphatic rings. The number of benzene rings is 1. The van der Waals surface area contributed by atoms with E-state index < -0.39 is 17.7 Å². The fourth-order valence-corrected chi connectivity index (χ4v) is 3.71. The van der Waals surface area contributed by atoms with E-state index in [9.17, 15) is 18.0 Å². The average Bonchev–Trinajstić information content (AvgIpc) is 3.33. The standard InChI is InChI=1S/C19H17F3N6O2S/c1-3-30-18(29)14-8-25-28(9-14)10-16-11(2)31-17(26-16)13-4-12(7-24-27-23)5-15(6-13)19(20,21)22/h4-6,8-9H,3,7,10H2,1-2H3. The molecule has 0 aliphatic heterocycles. The summed E-state index contributed by atoms with van der Waals surface area (Å²) < 4.78 is 46.4. The van der Waals surface area contributed by atoms with Gasteiger partial charge in [0.1, 0.15) is 5.01 Å². The molecule has 0 spiro atoms. The Morgan fingerprint density at radius 2 is 2.13 bits per heavy atom. The number of ether oxygens (including phenoxy) is 1. The Kier molecular flexibility index (Phi) is 6.62. The summed E-state index contributed by atoms with van der Waals surface area (Å²) in [6.07, 6.45) is -1.64. The highest BCUT2D eigenvalue weighted by molar-refractivity contribution is 7.15. The van der Waals surface area contributed by atoms with Crippen LogP contribution in [0.15, 0.2) is 35.7 Å². The van der Waals surface area contributed by atoms with Gasteiger partial charge in [-0.3, -0.25) is 4.68 Å². The number of carbonyl (C=O) groups excluding carboxylic acids is 1. The van der Waals surface area contributed by atoms with Crippen molar-refractivity contribution in [3.63, 3.8) is 0 Å². The number of nitrogens with zero attached hydrogens (tertiary/aromatic N) is 6. The molecule has 0 radical (unpaired) electrons. The van der Waals surface area contributed by atoms with Crippen LogP contribution in [-0.2, 0) is 24.0 Å². The smallest absolute Gasteiger partial charge is 0.416 e. The number of esters is 1. The predicted octanol–water partition coefficient (Wildman–Crippen LogP) is 5.37. The van der Waals surface area contributed by atoms with Crippen molar-refractivity contribution in [3.05, 3.63) is 68.3 Å². The third-order valence-electron chi connectivity index (χ3n) is 4.23. The Hall–Kier alpha value is -3.37. The van der Waals surface area contributed by atoms with Crippen molar-refractivity contribution in [1.29, 1.82) is 0 Å². The first kappa shape index (κ1) is 22.3. The Balaban J connectivity index is 1.91. The molecule has 162 valence electrons. The van der Waals surface area contributed by atoms with Gasteiger partial charge in [0, 0.05) is 21.5 Å². The molecule has 12 heteroatoms. The minimum Gasteiger partial charge on any atom is -0.462 e. The molecule has 0 bridgehead atoms. The quantitative estimate of drug-likeness (QED) is 0.209. The van der Waals surface area contributed by atoms with E-state index in [0.29, 0.717) is 16.3 Å². The summed E-state index contributed by atoms with van der Waals surface area (Å²) in [5, 5.41) is 7.87. The molecule has 31 heavy (non-hydrogen) atoms. The van der Waals surface area contributed by atoms with Crippen LogP contribution in [0.4, 0.5) is 13.2 Å². The van der Waals surface area contributed by atoms with Gasteiger partial charge in [0.05, 0.1) is 42.7 Å². The van der Waals surface area contributed by atoms with Crippen molar-refractivity contribution in [3.8, 4) is 10.6 Å². The van der Waals surface area contributed by atoms with Crippen molar-refractivity contribution < 1.29 is 22.7 Å². The van der Waals surface area contributed by atoms with E-state index >= 15 is 0 Å². The van der Waals surface area contributed by atoms with Crippen LogP contribution in [0.25, 0.3) is 21.0 Å². The van der Waals surface area contributed by atoms with Crippen LogP contribution in [0.3, 0.4) is 0 Å². The molecule has 0 unspecified atom stereocenters. The van der Waals surface area contributed by atoms with E-state index in [1.165, 1.54) is 34.5 Å². The molecule has 0 N–H and O–H groups in total. The van der Waals surface area contributed by atoms with Crippen molar-refractivity contribution in [2.24, 2.45) is 5.11 Å². The van der Waals surface area contributed by atoms with E-state index in [1.807, 2.05) is 0 Å². The van der Waals surface area contributed by atoms with Gasteiger partial charge < -0.3 is 4.74 Å². The molecule has 2 aromatic heterocycles. The zero-order valence-electron chi connectivity index (χ0n) is 16.5. The number of thiazole rings is 1. The van der Waals surface area contributed by atoms with Gasteiger partial charge in [-0.15, -0.1) is 11.3 Å². The fourth-order valence-electron chi connectivity index (χ4n) is 2.81. The number of carbonyl (C=O) groups is 1. The van der Waals surface area contributed by atoms with E-state index in [-0.39, 0.29) is 30.8 Å². The highest BCUT2D eigenvalue weighted by atomic mass is 32.1. The molecular formula is C19H17F3N6O2S. The molecule has 1 aromatic carbocycles. The zero-order chi connectivity index (χ0) is 22.6. The number of azide groups is 1. The molecule has 0 aliphatic carbocycles. The molecule has 3 aromatic rings. The topological polar surface area (TPSA) is 106 Å². The number of hydrogen-bond acceptors (Lipinski definition) is 6. The van der Waals surface area contributed by atoms with Crippen LogP contribution >= 0.6 is 11.3 Å².